The molecule has 0 saturated carbocycles. The number of rotatable bonds is 4. The van der Waals surface area contributed by atoms with Crippen molar-refractivity contribution in [1.29, 1.82) is 0 Å². The Morgan fingerprint density at radius 2 is 2.00 bits per heavy atom. The average Bonchev–Trinajstić information content (AvgIpc) is 1.94. The van der Waals surface area contributed by atoms with E-state index in [1.165, 1.54) is 11.8 Å². The first-order valence-corrected chi connectivity index (χ1v) is 5.49. The van der Waals surface area contributed by atoms with Crippen LogP contribution < -0.4 is 51.4 Å². The summed E-state index contributed by atoms with van der Waals surface area (Å²) in [6, 6.07) is 0. The van der Waals surface area contributed by atoms with E-state index in [9.17, 15) is 17.7 Å². The molecule has 1 aliphatic rings. The van der Waals surface area contributed by atoms with E-state index in [1.807, 2.05) is 0 Å². The van der Waals surface area contributed by atoms with Crippen molar-refractivity contribution >= 4 is 24.7 Å². The quantitative estimate of drug-likeness (QED) is 0.496. The summed E-state index contributed by atoms with van der Waals surface area (Å²) in [7, 11) is 0. The topological polar surface area (TPSA) is 26.3 Å². The first-order valence-electron chi connectivity index (χ1n) is 4.34. The number of ether oxygens (including phenoxy) is 1. The molecule has 1 rings (SSSR count). The fourth-order valence-electron chi connectivity index (χ4n) is 1.27. The largest absolute Gasteiger partial charge is 1.00 e. The normalized spacial score (nSPS) is 18.7. The second kappa shape index (κ2) is 6.30. The Balaban J connectivity index is 0.00000196. The number of carbonyl (C=O) groups is 1. The molecule has 0 amide bonds. The van der Waals surface area contributed by atoms with Gasteiger partial charge in [-0.15, -0.1) is 0 Å². The van der Waals surface area contributed by atoms with E-state index in [2.05, 4.69) is 4.74 Å². The Morgan fingerprint density at radius 3 is 2.27 bits per heavy atom. The van der Waals surface area contributed by atoms with E-state index >= 15 is 0 Å². The minimum absolute atomic E-state index is 0. The van der Waals surface area contributed by atoms with Crippen LogP contribution in [0.4, 0.5) is 12.9 Å². The van der Waals surface area contributed by atoms with Gasteiger partial charge in [-0.25, -0.2) is 0 Å². The van der Waals surface area contributed by atoms with Gasteiger partial charge in [-0.05, 0) is 23.7 Å². The van der Waals surface area contributed by atoms with Crippen LogP contribution in [-0.4, -0.2) is 31.1 Å². The molecular weight excluding hydrogens is 255 g/mol. The van der Waals surface area contributed by atoms with Crippen molar-refractivity contribution < 1.29 is 73.9 Å². The van der Waals surface area contributed by atoms with Crippen LogP contribution >= 0.6 is 11.8 Å². The third-order valence-corrected chi connectivity index (χ3v) is 3.83. The molecule has 0 aromatic rings. The van der Waals surface area contributed by atoms with Crippen molar-refractivity contribution in [3.63, 3.8) is 0 Å². The molecular formula is C7H11BF3KO2S. The zero-order chi connectivity index (χ0) is 10.8. The predicted molar refractivity (Wildman–Crippen MR) is 50.3 cm³/mol. The molecule has 0 spiro atoms. The third-order valence-electron chi connectivity index (χ3n) is 2.28. The third kappa shape index (κ3) is 3.92. The maximum absolute atomic E-state index is 12.6. The van der Waals surface area contributed by atoms with Crippen LogP contribution in [0.15, 0.2) is 0 Å². The van der Waals surface area contributed by atoms with Crippen molar-refractivity contribution in [3.05, 3.63) is 0 Å². The summed E-state index contributed by atoms with van der Waals surface area (Å²) in [6.07, 6.45) is -0.517. The summed E-state index contributed by atoms with van der Waals surface area (Å²) in [5.74, 6) is -0.753. The molecule has 1 saturated heterocycles. The van der Waals surface area contributed by atoms with E-state index < -0.39 is 24.7 Å². The number of halogens is 3. The number of carbonyl (C=O) groups excluding carboxylic acids is 1. The summed E-state index contributed by atoms with van der Waals surface area (Å²) in [6.45, 7) is -3.23. The molecule has 0 radical (unpaired) electrons. The molecule has 2 nitrogen and oxygen atoms in total. The van der Waals surface area contributed by atoms with Crippen LogP contribution in [0, 0.1) is 0 Å². The van der Waals surface area contributed by atoms with E-state index in [0.717, 1.165) is 0 Å². The van der Waals surface area contributed by atoms with Gasteiger partial charge in [0, 0.05) is 6.42 Å². The molecule has 0 aromatic carbocycles. The summed E-state index contributed by atoms with van der Waals surface area (Å²) in [5, 5.41) is -1.77. The van der Waals surface area contributed by atoms with Gasteiger partial charge in [0.15, 0.2) is 0 Å². The zero-order valence-electron chi connectivity index (χ0n) is 8.76. The van der Waals surface area contributed by atoms with Crippen LogP contribution in [0.2, 0.25) is 5.31 Å². The standard InChI is InChI=1S/C7H11BF3O2S.K/c1-2-13-6(12)3-7(4-14-5-7)8(9,10)11;/h2-5H2,1H3;/q-1;+1. The summed E-state index contributed by atoms with van der Waals surface area (Å²) < 4.78 is 42.3. The first kappa shape index (κ1) is 16.3. The van der Waals surface area contributed by atoms with Crippen molar-refractivity contribution in [3.8, 4) is 0 Å². The van der Waals surface area contributed by atoms with E-state index in [-0.39, 0.29) is 69.5 Å². The molecule has 0 N–H and O–H groups in total. The van der Waals surface area contributed by atoms with Crippen LogP contribution in [-0.2, 0) is 9.53 Å². The number of thioether (sulfide) groups is 1. The summed E-state index contributed by atoms with van der Waals surface area (Å²) in [4.78, 5) is 11.0. The molecule has 0 atom stereocenters. The zero-order valence-corrected chi connectivity index (χ0v) is 12.7. The van der Waals surface area contributed by atoms with Gasteiger partial charge in [-0.3, -0.25) is 4.79 Å². The molecule has 1 heterocycles. The molecule has 0 unspecified atom stereocenters. The fourth-order valence-corrected chi connectivity index (χ4v) is 2.58. The van der Waals surface area contributed by atoms with Gasteiger partial charge in [-0.1, -0.05) is 0 Å². The van der Waals surface area contributed by atoms with Crippen molar-refractivity contribution in [2.75, 3.05) is 18.1 Å². The maximum Gasteiger partial charge on any atom is 1.00 e. The fraction of sp³-hybridized carbons (Fsp3) is 0.857. The van der Waals surface area contributed by atoms with Crippen LogP contribution in [0.1, 0.15) is 13.3 Å². The number of esters is 1. The molecule has 0 bridgehead atoms. The van der Waals surface area contributed by atoms with Gasteiger partial charge < -0.3 is 17.7 Å². The van der Waals surface area contributed by atoms with E-state index in [0.29, 0.717) is 0 Å². The van der Waals surface area contributed by atoms with Gasteiger partial charge in [0.05, 0.1) is 6.61 Å². The van der Waals surface area contributed by atoms with Crippen molar-refractivity contribution in [1.82, 2.24) is 0 Å². The molecule has 15 heavy (non-hydrogen) atoms. The van der Waals surface area contributed by atoms with Gasteiger partial charge in [0.2, 0.25) is 0 Å². The molecule has 8 heteroatoms. The molecule has 82 valence electrons. The van der Waals surface area contributed by atoms with E-state index in [4.69, 9.17) is 0 Å². The van der Waals surface area contributed by atoms with Crippen molar-refractivity contribution in [2.45, 2.75) is 18.7 Å². The first-order chi connectivity index (χ1) is 6.41. The van der Waals surface area contributed by atoms with Gasteiger partial charge >= 0.3 is 64.3 Å². The second-order valence-corrected chi connectivity index (χ2v) is 4.40. The van der Waals surface area contributed by atoms with Gasteiger partial charge in [-0.2, -0.15) is 11.8 Å². The average molecular weight is 266 g/mol. The molecule has 1 aliphatic heterocycles. The van der Waals surface area contributed by atoms with Crippen molar-refractivity contribution in [2.24, 2.45) is 0 Å². The molecule has 1 fully saturated rings. The monoisotopic (exact) mass is 266 g/mol. The Kier molecular flexibility index (Phi) is 6.85. The van der Waals surface area contributed by atoms with Gasteiger partial charge in [0.25, 0.3) is 0 Å². The summed E-state index contributed by atoms with van der Waals surface area (Å²) in [5.41, 5.74) is 0. The number of hydrogen-bond acceptors (Lipinski definition) is 3. The minimum Gasteiger partial charge on any atom is -0.466 e. The maximum atomic E-state index is 12.6. The smallest absolute Gasteiger partial charge is 0.466 e. The Morgan fingerprint density at radius 1 is 1.47 bits per heavy atom. The SMILES string of the molecule is CCOC(=O)CC1([B-](F)(F)F)CSC1.[K+]. The van der Waals surface area contributed by atoms with Gasteiger partial charge in [0.1, 0.15) is 0 Å². The summed E-state index contributed by atoms with van der Waals surface area (Å²) >= 11 is 1.22. The van der Waals surface area contributed by atoms with Crippen LogP contribution in [0.3, 0.4) is 0 Å². The second-order valence-electron chi connectivity index (χ2n) is 3.41. The Labute approximate surface area is 134 Å². The minimum atomic E-state index is -4.95. The van der Waals surface area contributed by atoms with E-state index in [1.54, 1.807) is 6.92 Å². The number of hydrogen-bond donors (Lipinski definition) is 0. The Bertz CT molecular complexity index is 233. The van der Waals surface area contributed by atoms with Crippen LogP contribution in [0.25, 0.3) is 0 Å². The van der Waals surface area contributed by atoms with Crippen LogP contribution in [0.5, 0.6) is 0 Å². The Hall–Kier alpha value is 1.31. The molecule has 0 aliphatic carbocycles. The predicted octanol–water partition coefficient (Wildman–Crippen LogP) is -0.722. The molecule has 0 aromatic heterocycles.